The Morgan fingerprint density at radius 2 is 2.00 bits per heavy atom. The van der Waals surface area contributed by atoms with Gasteiger partial charge in [0.05, 0.1) is 0 Å². The number of pyridine rings is 1. The molecule has 0 radical (unpaired) electrons. The van der Waals surface area contributed by atoms with E-state index in [0.29, 0.717) is 5.92 Å². The Kier molecular flexibility index (Phi) is 5.03. The molecule has 3 heterocycles. The van der Waals surface area contributed by atoms with Crippen molar-refractivity contribution >= 4 is 22.9 Å². The first-order valence-electron chi connectivity index (χ1n) is 9.91. The van der Waals surface area contributed by atoms with Crippen molar-refractivity contribution < 1.29 is 4.79 Å². The normalized spacial score (nSPS) is 17.1. The topological polar surface area (TPSA) is 63.1 Å². The first kappa shape index (κ1) is 18.5. The maximum Gasteiger partial charge on any atom is 0.321 e. The van der Waals surface area contributed by atoms with Crippen molar-refractivity contribution in [1.82, 2.24) is 19.4 Å². The molecule has 1 aliphatic rings. The van der Waals surface area contributed by atoms with Gasteiger partial charge in [-0.2, -0.15) is 0 Å². The number of aromatic nitrogens is 3. The number of carbonyl (C=O) groups excluding carboxylic acids is 1. The molecule has 0 bridgehead atoms. The SMILES string of the molecule is Cc1cc(C)cc(NC(=O)N2CCCC(Cn3c(C)nc4cccnc43)C2)c1. The van der Waals surface area contributed by atoms with Crippen LogP contribution < -0.4 is 5.32 Å². The van der Waals surface area contributed by atoms with Crippen LogP contribution >= 0.6 is 0 Å². The van der Waals surface area contributed by atoms with Gasteiger partial charge in [0, 0.05) is 31.5 Å². The second-order valence-corrected chi connectivity index (χ2v) is 7.88. The van der Waals surface area contributed by atoms with Crippen LogP contribution in [0.4, 0.5) is 10.5 Å². The highest BCUT2D eigenvalue weighted by molar-refractivity contribution is 5.89. The minimum absolute atomic E-state index is 0.0139. The molecule has 0 spiro atoms. The maximum absolute atomic E-state index is 12.8. The van der Waals surface area contributed by atoms with Gasteiger partial charge in [0.1, 0.15) is 11.3 Å². The van der Waals surface area contributed by atoms with Crippen molar-refractivity contribution in [2.45, 2.75) is 40.2 Å². The number of nitrogens with one attached hydrogen (secondary N) is 1. The maximum atomic E-state index is 12.8. The summed E-state index contributed by atoms with van der Waals surface area (Å²) in [5, 5.41) is 3.07. The van der Waals surface area contributed by atoms with E-state index in [2.05, 4.69) is 25.9 Å². The van der Waals surface area contributed by atoms with Crippen molar-refractivity contribution in [1.29, 1.82) is 0 Å². The molecule has 146 valence electrons. The van der Waals surface area contributed by atoms with Gasteiger partial charge in [0.25, 0.3) is 0 Å². The number of amides is 2. The monoisotopic (exact) mass is 377 g/mol. The number of carbonyl (C=O) groups is 1. The Balaban J connectivity index is 1.45. The average Bonchev–Trinajstić information content (AvgIpc) is 2.96. The number of urea groups is 1. The van der Waals surface area contributed by atoms with Crippen molar-refractivity contribution in [2.24, 2.45) is 5.92 Å². The average molecular weight is 377 g/mol. The Morgan fingerprint density at radius 3 is 2.79 bits per heavy atom. The smallest absolute Gasteiger partial charge is 0.321 e. The molecular weight excluding hydrogens is 350 g/mol. The van der Waals surface area contributed by atoms with Crippen molar-refractivity contribution in [2.75, 3.05) is 18.4 Å². The number of hydrogen-bond donors (Lipinski definition) is 1. The van der Waals surface area contributed by atoms with Gasteiger partial charge in [-0.05, 0) is 74.9 Å². The fraction of sp³-hybridized carbons (Fsp3) is 0.409. The summed E-state index contributed by atoms with van der Waals surface area (Å²) in [7, 11) is 0. The fourth-order valence-corrected chi connectivity index (χ4v) is 4.20. The lowest BCUT2D eigenvalue weighted by Crippen LogP contribution is -2.43. The minimum atomic E-state index is -0.0139. The number of aryl methyl sites for hydroxylation is 3. The van der Waals surface area contributed by atoms with Gasteiger partial charge in [-0.25, -0.2) is 14.8 Å². The highest BCUT2D eigenvalue weighted by Gasteiger charge is 2.25. The lowest BCUT2D eigenvalue weighted by molar-refractivity contribution is 0.170. The first-order valence-corrected chi connectivity index (χ1v) is 9.91. The van der Waals surface area contributed by atoms with E-state index in [4.69, 9.17) is 0 Å². The lowest BCUT2D eigenvalue weighted by Gasteiger charge is -2.33. The molecule has 1 N–H and O–H groups in total. The number of rotatable bonds is 3. The molecule has 1 aromatic carbocycles. The molecule has 1 saturated heterocycles. The van der Waals surface area contributed by atoms with Crippen molar-refractivity contribution in [3.63, 3.8) is 0 Å². The zero-order valence-corrected chi connectivity index (χ0v) is 16.8. The zero-order valence-electron chi connectivity index (χ0n) is 16.8. The summed E-state index contributed by atoms with van der Waals surface area (Å²) in [5.41, 5.74) is 5.03. The molecule has 3 aromatic rings. The number of fused-ring (bicyclic) bond motifs is 1. The van der Waals surface area contributed by atoms with Crippen LogP contribution in [0.25, 0.3) is 11.2 Å². The number of imidazole rings is 1. The molecule has 1 fully saturated rings. The van der Waals surface area contributed by atoms with Gasteiger partial charge >= 0.3 is 6.03 Å². The summed E-state index contributed by atoms with van der Waals surface area (Å²) >= 11 is 0. The molecule has 1 unspecified atom stereocenters. The highest BCUT2D eigenvalue weighted by atomic mass is 16.2. The van der Waals surface area contributed by atoms with Gasteiger partial charge in [0.15, 0.2) is 5.65 Å². The predicted octanol–water partition coefficient (Wildman–Crippen LogP) is 4.30. The van der Waals surface area contributed by atoms with Crippen LogP contribution in [0.15, 0.2) is 36.5 Å². The largest absolute Gasteiger partial charge is 0.324 e. The molecule has 2 aromatic heterocycles. The Morgan fingerprint density at radius 1 is 1.21 bits per heavy atom. The summed E-state index contributed by atoms with van der Waals surface area (Å²) in [5.74, 6) is 1.38. The minimum Gasteiger partial charge on any atom is -0.324 e. The Bertz CT molecular complexity index is 989. The summed E-state index contributed by atoms with van der Waals surface area (Å²) < 4.78 is 2.19. The second-order valence-electron chi connectivity index (χ2n) is 7.88. The van der Waals surface area contributed by atoms with Crippen LogP contribution in [0.1, 0.15) is 29.8 Å². The third kappa shape index (κ3) is 3.86. The lowest BCUT2D eigenvalue weighted by atomic mass is 9.98. The number of nitrogens with zero attached hydrogens (tertiary/aromatic N) is 4. The van der Waals surface area contributed by atoms with Crippen LogP contribution in [0, 0.1) is 26.7 Å². The van der Waals surface area contributed by atoms with Gasteiger partial charge in [0.2, 0.25) is 0 Å². The van der Waals surface area contributed by atoms with E-state index in [1.807, 2.05) is 56.1 Å². The van der Waals surface area contributed by atoms with Crippen LogP contribution in [0.3, 0.4) is 0 Å². The summed E-state index contributed by atoms with van der Waals surface area (Å²) in [4.78, 5) is 23.9. The number of benzene rings is 1. The van der Waals surface area contributed by atoms with Crippen molar-refractivity contribution in [3.8, 4) is 0 Å². The zero-order chi connectivity index (χ0) is 19.7. The fourth-order valence-electron chi connectivity index (χ4n) is 4.20. The van der Waals surface area contributed by atoms with E-state index in [1.165, 1.54) is 0 Å². The first-order chi connectivity index (χ1) is 13.5. The standard InChI is InChI=1S/C22H27N5O/c1-15-10-16(2)12-19(11-15)25-22(28)26-9-5-6-18(13-26)14-27-17(3)24-20-7-4-8-23-21(20)27/h4,7-8,10-12,18H,5-6,9,13-14H2,1-3H3,(H,25,28). The molecule has 28 heavy (non-hydrogen) atoms. The van der Waals surface area contributed by atoms with E-state index in [1.54, 1.807) is 0 Å². The molecule has 2 amide bonds. The molecule has 4 rings (SSSR count). The van der Waals surface area contributed by atoms with Crippen LogP contribution in [-0.2, 0) is 6.54 Å². The highest BCUT2D eigenvalue weighted by Crippen LogP contribution is 2.23. The van der Waals surface area contributed by atoms with E-state index in [-0.39, 0.29) is 6.03 Å². The summed E-state index contributed by atoms with van der Waals surface area (Å²) in [6.07, 6.45) is 3.94. The van der Waals surface area contributed by atoms with Crippen LogP contribution in [-0.4, -0.2) is 38.6 Å². The van der Waals surface area contributed by atoms with Crippen LogP contribution in [0.5, 0.6) is 0 Å². The number of piperidine rings is 1. The number of hydrogen-bond acceptors (Lipinski definition) is 3. The quantitative estimate of drug-likeness (QED) is 0.740. The molecule has 6 heteroatoms. The van der Waals surface area contributed by atoms with Gasteiger partial charge in [-0.1, -0.05) is 6.07 Å². The van der Waals surface area contributed by atoms with Gasteiger partial charge in [-0.15, -0.1) is 0 Å². The van der Waals surface area contributed by atoms with Gasteiger partial charge < -0.3 is 14.8 Å². The summed E-state index contributed by atoms with van der Waals surface area (Å²) in [6.45, 7) is 8.51. The second kappa shape index (κ2) is 7.62. The third-order valence-electron chi connectivity index (χ3n) is 5.41. The number of likely N-dealkylation sites (tertiary alicyclic amines) is 1. The summed E-state index contributed by atoms with van der Waals surface area (Å²) in [6, 6.07) is 10.0. The molecule has 1 aliphatic heterocycles. The predicted molar refractivity (Wildman–Crippen MR) is 111 cm³/mol. The number of anilines is 1. The molecule has 6 nitrogen and oxygen atoms in total. The molecule has 0 saturated carbocycles. The Hall–Kier alpha value is -2.89. The van der Waals surface area contributed by atoms with Gasteiger partial charge in [-0.3, -0.25) is 0 Å². The van der Waals surface area contributed by atoms with E-state index >= 15 is 0 Å². The van der Waals surface area contributed by atoms with E-state index in [9.17, 15) is 4.79 Å². The molecule has 0 aliphatic carbocycles. The van der Waals surface area contributed by atoms with E-state index in [0.717, 1.165) is 66.3 Å². The molecule has 1 atom stereocenters. The third-order valence-corrected chi connectivity index (χ3v) is 5.41. The van der Waals surface area contributed by atoms with Crippen LogP contribution in [0.2, 0.25) is 0 Å². The van der Waals surface area contributed by atoms with Crippen molar-refractivity contribution in [3.05, 3.63) is 53.5 Å². The molecular formula is C22H27N5O. The van der Waals surface area contributed by atoms with E-state index < -0.39 is 0 Å². The Labute approximate surface area is 165 Å².